The van der Waals surface area contributed by atoms with Crippen molar-refractivity contribution in [3.05, 3.63) is 9.50 Å². The number of hydrogen-bond donors (Lipinski definition) is 0. The lowest BCUT2D eigenvalue weighted by Gasteiger charge is -2.12. The van der Waals surface area contributed by atoms with Crippen LogP contribution in [0, 0.1) is 0 Å². The summed E-state index contributed by atoms with van der Waals surface area (Å²) in [6.45, 7) is 0. The summed E-state index contributed by atoms with van der Waals surface area (Å²) >= 11 is 10.2. The van der Waals surface area contributed by atoms with Crippen molar-refractivity contribution < 1.29 is 4.42 Å². The van der Waals surface area contributed by atoms with E-state index in [1.807, 2.05) is 7.85 Å². The number of fused-ring (bicyclic) bond motifs is 3. The first-order valence-electron chi connectivity index (χ1n) is 7.04. The van der Waals surface area contributed by atoms with E-state index < -0.39 is 0 Å². The minimum absolute atomic E-state index is 0.702. The molecule has 0 spiro atoms. The maximum absolute atomic E-state index is 6.54. The molecule has 0 unspecified atom stereocenters. The monoisotopic (exact) mass is 352 g/mol. The van der Waals surface area contributed by atoms with Crippen LogP contribution in [-0.4, -0.2) is 47.1 Å². The van der Waals surface area contributed by atoms with Gasteiger partial charge in [0.15, 0.2) is 5.58 Å². The van der Waals surface area contributed by atoms with Crippen molar-refractivity contribution in [1.29, 1.82) is 0 Å². The summed E-state index contributed by atoms with van der Waals surface area (Å²) in [5.41, 5.74) is 9.10. The summed E-state index contributed by atoms with van der Waals surface area (Å²) in [5, 5.41) is 3.04. The third kappa shape index (κ3) is 1.91. The molecule has 0 saturated carbocycles. The molecule has 0 saturated heterocycles. The second-order valence-corrected chi connectivity index (χ2v) is 7.06. The minimum atomic E-state index is 0.702. The van der Waals surface area contributed by atoms with Crippen molar-refractivity contribution in [3.63, 3.8) is 0 Å². The maximum Gasteiger partial charge on any atom is 0.152 e. The van der Waals surface area contributed by atoms with Gasteiger partial charge in [-0.05, 0) is 0 Å². The Labute approximate surface area is 143 Å². The standard InChI is InChI=1S/C12H12B6BrClO/c13-3-1-2-4(14)9(19)8(18)10(20)12(2)21-11(1)7(17)6(16)5(3)15/h13-18H2. The lowest BCUT2D eigenvalue weighted by Crippen LogP contribution is -2.47. The number of benzene rings is 2. The van der Waals surface area contributed by atoms with E-state index >= 15 is 0 Å². The molecular weight excluding hydrogens is 340 g/mol. The van der Waals surface area contributed by atoms with Crippen LogP contribution in [0.1, 0.15) is 0 Å². The van der Waals surface area contributed by atoms with Gasteiger partial charge in [-0.25, -0.2) is 0 Å². The molecule has 1 aromatic heterocycles. The zero-order valence-corrected chi connectivity index (χ0v) is 15.5. The lowest BCUT2D eigenvalue weighted by atomic mass is 9.65. The van der Waals surface area contributed by atoms with E-state index in [1.54, 1.807) is 0 Å². The highest BCUT2D eigenvalue weighted by Crippen LogP contribution is 2.30. The zero-order valence-electron chi connectivity index (χ0n) is 13.2. The second kappa shape index (κ2) is 4.96. The number of hydrogen-bond acceptors (Lipinski definition) is 1. The molecule has 0 bridgehead atoms. The van der Waals surface area contributed by atoms with Gasteiger partial charge in [0, 0.05) is 15.2 Å². The third-order valence-electron chi connectivity index (χ3n) is 4.87. The Morgan fingerprint density at radius 2 is 1.19 bits per heavy atom. The van der Waals surface area contributed by atoms with Gasteiger partial charge in [-0.1, -0.05) is 54.8 Å². The Morgan fingerprint density at radius 1 is 0.667 bits per heavy atom. The highest BCUT2D eigenvalue weighted by molar-refractivity contribution is 9.10. The normalized spacial score (nSPS) is 11.5. The SMILES string of the molecule is Bc1c(B)c(B)c2c(oc3c(Cl)c(B)c(Br)c(B)c32)c1B. The van der Waals surface area contributed by atoms with Crippen LogP contribution in [0.5, 0.6) is 0 Å². The van der Waals surface area contributed by atoms with Gasteiger partial charge in [0.05, 0.1) is 5.02 Å². The van der Waals surface area contributed by atoms with Crippen molar-refractivity contribution in [1.82, 2.24) is 0 Å². The fourth-order valence-electron chi connectivity index (χ4n) is 3.14. The molecule has 0 atom stereocenters. The largest absolute Gasteiger partial charge is 0.455 e. The van der Waals surface area contributed by atoms with E-state index in [-0.39, 0.29) is 0 Å². The first kappa shape index (κ1) is 15.3. The van der Waals surface area contributed by atoms with E-state index in [0.29, 0.717) is 5.02 Å². The zero-order chi connectivity index (χ0) is 15.6. The molecule has 3 aromatic rings. The van der Waals surface area contributed by atoms with Gasteiger partial charge in [-0.3, -0.25) is 0 Å². The molecule has 0 aliphatic heterocycles. The van der Waals surface area contributed by atoms with Crippen LogP contribution >= 0.6 is 27.5 Å². The van der Waals surface area contributed by atoms with Crippen LogP contribution in [0.4, 0.5) is 0 Å². The minimum Gasteiger partial charge on any atom is -0.455 e. The highest BCUT2D eigenvalue weighted by atomic mass is 79.9. The van der Waals surface area contributed by atoms with Gasteiger partial charge >= 0.3 is 0 Å². The molecule has 1 heterocycles. The summed E-state index contributed by atoms with van der Waals surface area (Å²) < 4.78 is 7.26. The number of furan rings is 1. The predicted molar refractivity (Wildman–Crippen MR) is 115 cm³/mol. The van der Waals surface area contributed by atoms with E-state index in [4.69, 9.17) is 16.0 Å². The molecule has 1 nitrogen and oxygen atoms in total. The molecule has 21 heavy (non-hydrogen) atoms. The fourth-order valence-corrected chi connectivity index (χ4v) is 3.88. The molecule has 3 rings (SSSR count). The van der Waals surface area contributed by atoms with Crippen LogP contribution < -0.4 is 32.8 Å². The van der Waals surface area contributed by atoms with Crippen molar-refractivity contribution in [2.75, 3.05) is 0 Å². The molecule has 98 valence electrons. The Balaban J connectivity index is 2.73. The lowest BCUT2D eigenvalue weighted by molar-refractivity contribution is 0.672. The maximum atomic E-state index is 6.54. The first-order valence-corrected chi connectivity index (χ1v) is 8.21. The van der Waals surface area contributed by atoms with Crippen LogP contribution in [0.2, 0.25) is 5.02 Å². The molecule has 9 heteroatoms. The van der Waals surface area contributed by atoms with Crippen molar-refractivity contribution in [2.24, 2.45) is 0 Å². The van der Waals surface area contributed by atoms with Crippen molar-refractivity contribution >= 4 is 129 Å². The van der Waals surface area contributed by atoms with Gasteiger partial charge in [-0.2, -0.15) is 0 Å². The summed E-state index contributed by atoms with van der Waals surface area (Å²) in [6.07, 6.45) is 0. The fraction of sp³-hybridized carbons (Fsp3) is 0. The average molecular weight is 352 g/mol. The first-order chi connectivity index (χ1) is 9.77. The number of rotatable bonds is 0. The van der Waals surface area contributed by atoms with E-state index in [9.17, 15) is 0 Å². The molecule has 0 N–H and O–H groups in total. The molecule has 0 radical (unpaired) electrons. The smallest absolute Gasteiger partial charge is 0.152 e. The Morgan fingerprint density at radius 3 is 1.81 bits per heavy atom. The van der Waals surface area contributed by atoms with Gasteiger partial charge in [0.2, 0.25) is 0 Å². The van der Waals surface area contributed by atoms with Crippen molar-refractivity contribution in [3.8, 4) is 0 Å². The topological polar surface area (TPSA) is 13.1 Å². The second-order valence-electron chi connectivity index (χ2n) is 5.89. The van der Waals surface area contributed by atoms with Crippen LogP contribution in [-0.2, 0) is 0 Å². The quantitative estimate of drug-likeness (QED) is 0.368. The highest BCUT2D eigenvalue weighted by Gasteiger charge is 2.21. The number of halogens is 2. The molecule has 0 aliphatic rings. The van der Waals surface area contributed by atoms with Crippen molar-refractivity contribution in [2.45, 2.75) is 0 Å². The Kier molecular flexibility index (Phi) is 3.61. The van der Waals surface area contributed by atoms with Crippen LogP contribution in [0.3, 0.4) is 0 Å². The summed E-state index contributed by atoms with van der Waals surface area (Å²) in [4.78, 5) is 0. The summed E-state index contributed by atoms with van der Waals surface area (Å²) in [5.74, 6) is 0. The Hall–Kier alpha value is -0.600. The van der Waals surface area contributed by atoms with E-state index in [2.05, 4.69) is 55.2 Å². The van der Waals surface area contributed by atoms with Crippen LogP contribution in [0.15, 0.2) is 8.89 Å². The molecular formula is C12H12B6BrClO. The Bertz CT molecular complexity index is 861. The van der Waals surface area contributed by atoms with Gasteiger partial charge in [-0.15, -0.1) is 5.46 Å². The van der Waals surface area contributed by atoms with Gasteiger partial charge < -0.3 is 4.42 Å². The summed E-state index contributed by atoms with van der Waals surface area (Å²) in [7, 11) is 12.8. The molecule has 0 aliphatic carbocycles. The molecule has 0 amide bonds. The van der Waals surface area contributed by atoms with Crippen LogP contribution in [0.25, 0.3) is 21.9 Å². The molecule has 2 aromatic carbocycles. The predicted octanol–water partition coefficient (Wildman–Crippen LogP) is -5.45. The van der Waals surface area contributed by atoms with Gasteiger partial charge in [0.1, 0.15) is 52.7 Å². The van der Waals surface area contributed by atoms with E-state index in [0.717, 1.165) is 26.5 Å². The van der Waals surface area contributed by atoms with Gasteiger partial charge in [0.25, 0.3) is 0 Å². The summed E-state index contributed by atoms with van der Waals surface area (Å²) in [6, 6.07) is 0. The molecule has 0 fully saturated rings. The van der Waals surface area contributed by atoms with E-state index in [1.165, 1.54) is 32.7 Å². The third-order valence-corrected chi connectivity index (χ3v) is 6.52. The average Bonchev–Trinajstić information content (AvgIpc) is 2.87.